The maximum absolute atomic E-state index is 12.1. The predicted octanol–water partition coefficient (Wildman–Crippen LogP) is 2.61. The molecule has 0 aliphatic carbocycles. The zero-order chi connectivity index (χ0) is 18.5. The van der Waals surface area contributed by atoms with Crippen LogP contribution in [0.15, 0.2) is 29.4 Å². The molecule has 0 unspecified atom stereocenters. The van der Waals surface area contributed by atoms with Crippen molar-refractivity contribution in [3.8, 4) is 5.75 Å². The molecule has 0 aromatic heterocycles. The molecule has 0 heterocycles. The lowest BCUT2D eigenvalue weighted by Gasteiger charge is -2.14. The molecule has 0 N–H and O–H groups in total. The summed E-state index contributed by atoms with van der Waals surface area (Å²) in [6.07, 6.45) is -0.134. The molecule has 9 heteroatoms. The number of ether oxygens (including phenoxy) is 3. The lowest BCUT2D eigenvalue weighted by atomic mass is 10.0. The summed E-state index contributed by atoms with van der Waals surface area (Å²) in [5.74, 6) is -1.21. The molecule has 1 aromatic carbocycles. The minimum Gasteiger partial charge on any atom is -0.491 e. The van der Waals surface area contributed by atoms with Crippen LogP contribution in [0.4, 0.5) is 4.39 Å². The molecule has 1 aromatic rings. The molecule has 0 saturated heterocycles. The lowest BCUT2D eigenvalue weighted by molar-refractivity contribution is -0.149. The Morgan fingerprint density at radius 2 is 2.20 bits per heavy atom. The molecular formula is C16H20FN3O5. The highest BCUT2D eigenvalue weighted by Crippen LogP contribution is 2.15. The van der Waals surface area contributed by atoms with E-state index in [9.17, 15) is 14.0 Å². The van der Waals surface area contributed by atoms with Gasteiger partial charge in [0.05, 0.1) is 32.8 Å². The average molecular weight is 353 g/mol. The summed E-state index contributed by atoms with van der Waals surface area (Å²) in [7, 11) is 1.22. The fourth-order valence-corrected chi connectivity index (χ4v) is 2.03. The average Bonchev–Trinajstić information content (AvgIpc) is 2.63. The monoisotopic (exact) mass is 353 g/mol. The zero-order valence-electron chi connectivity index (χ0n) is 13.9. The molecule has 0 aliphatic heterocycles. The van der Waals surface area contributed by atoms with Crippen molar-refractivity contribution in [2.24, 2.45) is 11.0 Å². The fourth-order valence-electron chi connectivity index (χ4n) is 2.03. The number of alkyl halides is 1. The normalized spacial score (nSPS) is 11.3. The van der Waals surface area contributed by atoms with Crippen molar-refractivity contribution >= 4 is 11.8 Å². The van der Waals surface area contributed by atoms with Crippen molar-refractivity contribution in [1.29, 1.82) is 0 Å². The van der Waals surface area contributed by atoms with Crippen LogP contribution in [-0.4, -0.2) is 45.3 Å². The van der Waals surface area contributed by atoms with Crippen LogP contribution in [-0.2, 0) is 25.7 Å². The Morgan fingerprint density at radius 3 is 2.88 bits per heavy atom. The Morgan fingerprint density at radius 1 is 1.40 bits per heavy atom. The second-order valence-corrected chi connectivity index (χ2v) is 5.05. The predicted molar refractivity (Wildman–Crippen MR) is 86.7 cm³/mol. The molecule has 8 nitrogen and oxygen atoms in total. The molecule has 25 heavy (non-hydrogen) atoms. The van der Waals surface area contributed by atoms with E-state index in [4.69, 9.17) is 15.0 Å². The van der Waals surface area contributed by atoms with Gasteiger partial charge in [-0.2, -0.15) is 0 Å². The van der Waals surface area contributed by atoms with Gasteiger partial charge in [0.15, 0.2) is 0 Å². The third-order valence-corrected chi connectivity index (χ3v) is 3.15. The van der Waals surface area contributed by atoms with E-state index in [-0.39, 0.29) is 38.6 Å². The van der Waals surface area contributed by atoms with Crippen molar-refractivity contribution in [2.45, 2.75) is 13.0 Å². The summed E-state index contributed by atoms with van der Waals surface area (Å²) in [4.78, 5) is 25.9. The summed E-state index contributed by atoms with van der Waals surface area (Å²) in [5, 5.41) is 3.17. The second-order valence-electron chi connectivity index (χ2n) is 5.05. The number of azide groups is 1. The number of Topliss-reactive ketones (excluding diaryl/α,β-unsaturated/α-hetero) is 1. The third-order valence-electron chi connectivity index (χ3n) is 3.15. The van der Waals surface area contributed by atoms with Gasteiger partial charge in [0, 0.05) is 11.3 Å². The highest BCUT2D eigenvalue weighted by molar-refractivity contribution is 5.85. The SMILES string of the molecule is COC(=O)[C@H](COCc1cccc(OCCF)c1)CC(=O)CN=[N+]=[N-]. The van der Waals surface area contributed by atoms with Crippen LogP contribution >= 0.6 is 0 Å². The zero-order valence-corrected chi connectivity index (χ0v) is 13.9. The first-order valence-electron chi connectivity index (χ1n) is 7.56. The van der Waals surface area contributed by atoms with Gasteiger partial charge in [-0.3, -0.25) is 9.59 Å². The minimum atomic E-state index is -0.780. The van der Waals surface area contributed by atoms with Crippen molar-refractivity contribution in [3.63, 3.8) is 0 Å². The maximum atomic E-state index is 12.1. The summed E-state index contributed by atoms with van der Waals surface area (Å²) in [6.45, 7) is -0.763. The van der Waals surface area contributed by atoms with Crippen molar-refractivity contribution in [1.82, 2.24) is 0 Å². The van der Waals surface area contributed by atoms with Gasteiger partial charge in [0.25, 0.3) is 0 Å². The van der Waals surface area contributed by atoms with Crippen LogP contribution in [0.3, 0.4) is 0 Å². The number of methoxy groups -OCH3 is 1. The number of nitrogens with zero attached hydrogens (tertiary/aromatic N) is 3. The van der Waals surface area contributed by atoms with Crippen molar-refractivity contribution < 1.29 is 28.2 Å². The van der Waals surface area contributed by atoms with Gasteiger partial charge in [0.1, 0.15) is 24.8 Å². The van der Waals surface area contributed by atoms with E-state index in [1.165, 1.54) is 7.11 Å². The van der Waals surface area contributed by atoms with Gasteiger partial charge in [-0.15, -0.1) is 0 Å². The van der Waals surface area contributed by atoms with Crippen LogP contribution in [0.2, 0.25) is 0 Å². The van der Waals surface area contributed by atoms with Gasteiger partial charge in [-0.1, -0.05) is 17.2 Å². The van der Waals surface area contributed by atoms with Gasteiger partial charge in [0.2, 0.25) is 0 Å². The number of ketones is 1. The molecule has 136 valence electrons. The van der Waals surface area contributed by atoms with Crippen molar-refractivity contribution in [3.05, 3.63) is 40.3 Å². The van der Waals surface area contributed by atoms with Crippen LogP contribution < -0.4 is 4.74 Å². The summed E-state index contributed by atoms with van der Waals surface area (Å²) < 4.78 is 27.4. The number of carbonyl (C=O) groups excluding carboxylic acids is 2. The molecule has 0 radical (unpaired) electrons. The molecule has 0 aliphatic rings. The lowest BCUT2D eigenvalue weighted by Crippen LogP contribution is -2.25. The first kappa shape index (κ1) is 20.4. The third kappa shape index (κ3) is 8.14. The van der Waals surface area contributed by atoms with E-state index in [1.807, 2.05) is 0 Å². The van der Waals surface area contributed by atoms with Gasteiger partial charge in [-0.25, -0.2) is 4.39 Å². The number of esters is 1. The Balaban J connectivity index is 2.54. The van der Waals surface area contributed by atoms with E-state index in [0.29, 0.717) is 5.75 Å². The smallest absolute Gasteiger partial charge is 0.311 e. The van der Waals surface area contributed by atoms with E-state index in [1.54, 1.807) is 24.3 Å². The quantitative estimate of drug-likeness (QED) is 0.248. The summed E-state index contributed by atoms with van der Waals surface area (Å²) >= 11 is 0. The molecule has 1 rings (SSSR count). The fraction of sp³-hybridized carbons (Fsp3) is 0.500. The van der Waals surface area contributed by atoms with Gasteiger partial charge in [-0.05, 0) is 23.2 Å². The highest BCUT2D eigenvalue weighted by Gasteiger charge is 2.22. The number of benzene rings is 1. The topological polar surface area (TPSA) is 111 Å². The van der Waals surface area contributed by atoms with E-state index < -0.39 is 18.6 Å². The number of halogens is 1. The first-order valence-corrected chi connectivity index (χ1v) is 7.56. The van der Waals surface area contributed by atoms with Gasteiger partial charge < -0.3 is 14.2 Å². The van der Waals surface area contributed by atoms with Crippen molar-refractivity contribution in [2.75, 3.05) is 33.5 Å². The highest BCUT2D eigenvalue weighted by atomic mass is 19.1. The second kappa shape index (κ2) is 11.8. The molecule has 0 bridgehead atoms. The molecule has 0 fully saturated rings. The molecule has 0 amide bonds. The molecule has 1 atom stereocenters. The number of hydrogen-bond acceptors (Lipinski definition) is 6. The molecule has 0 spiro atoms. The first-order chi connectivity index (χ1) is 12.1. The minimum absolute atomic E-state index is 0.0236. The van der Waals surface area contributed by atoms with Crippen LogP contribution in [0.25, 0.3) is 10.4 Å². The summed E-state index contributed by atoms with van der Waals surface area (Å²) in [5.41, 5.74) is 8.99. The van der Waals surface area contributed by atoms with Crippen LogP contribution in [0.1, 0.15) is 12.0 Å². The van der Waals surface area contributed by atoms with E-state index >= 15 is 0 Å². The largest absolute Gasteiger partial charge is 0.491 e. The van der Waals surface area contributed by atoms with Crippen LogP contribution in [0, 0.1) is 5.92 Å². The number of hydrogen-bond donors (Lipinski definition) is 0. The number of carbonyl (C=O) groups is 2. The summed E-state index contributed by atoms with van der Waals surface area (Å²) in [6, 6.07) is 6.94. The number of rotatable bonds is 12. The Kier molecular flexibility index (Phi) is 9.65. The van der Waals surface area contributed by atoms with Gasteiger partial charge >= 0.3 is 5.97 Å². The Hall–Kier alpha value is -2.64. The Bertz CT molecular complexity index is 620. The van der Waals surface area contributed by atoms with E-state index in [0.717, 1.165) is 5.56 Å². The van der Waals surface area contributed by atoms with E-state index in [2.05, 4.69) is 14.8 Å². The van der Waals surface area contributed by atoms with Crippen LogP contribution in [0.5, 0.6) is 5.75 Å². The molecule has 0 saturated carbocycles. The maximum Gasteiger partial charge on any atom is 0.311 e. The Labute approximate surface area is 144 Å². The molecular weight excluding hydrogens is 333 g/mol. The standard InChI is InChI=1S/C16H20FN3O5/c1-23-16(22)13(8-14(21)9-19-20-18)11-24-10-12-3-2-4-15(7-12)25-6-5-17/h2-4,7,13H,5-6,8-11H2,1H3/t13-/m0/s1.